The van der Waals surface area contributed by atoms with Crippen molar-refractivity contribution < 1.29 is 0 Å². The standard InChI is InChI=1S/C56H38N8/c1-37-19-18-28-45(33-37)64-49-32-17-16-31-48(49)57-56(64)47-30-15-14-29-46(47)42-34-43(54-60-50(38-20-6-2-7-21-38)58-51(61-54)39-22-8-3-9-23-39)36-44(35-42)55-62-52(40-24-10-4-11-25-40)59-53(63-55)41-26-12-5-13-27-41/h2-36H,1H3. The summed E-state index contributed by atoms with van der Waals surface area (Å²) in [6.07, 6.45) is 0. The number of hydrogen-bond acceptors (Lipinski definition) is 7. The lowest BCUT2D eigenvalue weighted by atomic mass is 9.94. The molecule has 0 aliphatic carbocycles. The van der Waals surface area contributed by atoms with Crippen molar-refractivity contribution >= 4 is 11.0 Å². The molecule has 0 saturated carbocycles. The maximum absolute atomic E-state index is 5.31. The minimum absolute atomic E-state index is 0.515. The lowest BCUT2D eigenvalue weighted by molar-refractivity contribution is 1.07. The van der Waals surface area contributed by atoms with E-state index < -0.39 is 0 Å². The average molecular weight is 823 g/mol. The fourth-order valence-electron chi connectivity index (χ4n) is 8.08. The first-order chi connectivity index (χ1) is 31.6. The van der Waals surface area contributed by atoms with Crippen LogP contribution in [0.5, 0.6) is 0 Å². The molecule has 0 saturated heterocycles. The lowest BCUT2D eigenvalue weighted by Gasteiger charge is -2.16. The molecule has 11 rings (SSSR count). The Balaban J connectivity index is 1.18. The van der Waals surface area contributed by atoms with Crippen LogP contribution in [0.4, 0.5) is 0 Å². The van der Waals surface area contributed by atoms with Crippen LogP contribution >= 0.6 is 0 Å². The van der Waals surface area contributed by atoms with E-state index >= 15 is 0 Å². The third-order valence-electron chi connectivity index (χ3n) is 11.1. The minimum Gasteiger partial charge on any atom is -0.292 e. The van der Waals surface area contributed by atoms with E-state index in [1.54, 1.807) is 0 Å². The van der Waals surface area contributed by atoms with Crippen LogP contribution in [0, 0.1) is 6.92 Å². The molecule has 0 unspecified atom stereocenters. The Kier molecular flexibility index (Phi) is 9.91. The monoisotopic (exact) mass is 822 g/mol. The summed E-state index contributed by atoms with van der Waals surface area (Å²) >= 11 is 0. The van der Waals surface area contributed by atoms with Gasteiger partial charge in [-0.15, -0.1) is 0 Å². The molecule has 64 heavy (non-hydrogen) atoms. The first kappa shape index (κ1) is 38.2. The van der Waals surface area contributed by atoms with E-state index in [0.717, 1.165) is 78.2 Å². The number of para-hydroxylation sites is 2. The Hall–Kier alpha value is -8.75. The molecule has 8 heteroatoms. The highest BCUT2D eigenvalue weighted by Gasteiger charge is 2.21. The second-order valence-electron chi connectivity index (χ2n) is 15.5. The number of imidazole rings is 1. The molecule has 0 atom stereocenters. The van der Waals surface area contributed by atoms with Crippen LogP contribution in [0.3, 0.4) is 0 Å². The van der Waals surface area contributed by atoms with E-state index in [4.69, 9.17) is 34.9 Å². The average Bonchev–Trinajstić information content (AvgIpc) is 3.77. The summed E-state index contributed by atoms with van der Waals surface area (Å²) in [4.78, 5) is 36.0. The van der Waals surface area contributed by atoms with Crippen molar-refractivity contribution in [2.24, 2.45) is 0 Å². The Morgan fingerprint density at radius 1 is 0.297 bits per heavy atom. The van der Waals surface area contributed by atoms with Gasteiger partial charge in [0.2, 0.25) is 0 Å². The topological polar surface area (TPSA) is 95.2 Å². The van der Waals surface area contributed by atoms with Gasteiger partial charge in [-0.25, -0.2) is 34.9 Å². The second kappa shape index (κ2) is 16.6. The Morgan fingerprint density at radius 2 is 0.688 bits per heavy atom. The zero-order chi connectivity index (χ0) is 42.8. The second-order valence-corrected chi connectivity index (χ2v) is 15.5. The summed E-state index contributed by atoms with van der Waals surface area (Å²) < 4.78 is 2.25. The molecule has 0 aliphatic rings. The predicted octanol–water partition coefficient (Wildman–Crippen LogP) is 13.0. The van der Waals surface area contributed by atoms with Crippen LogP contribution in [0.1, 0.15) is 5.56 Å². The summed E-state index contributed by atoms with van der Waals surface area (Å²) in [7, 11) is 0. The molecule has 8 aromatic carbocycles. The van der Waals surface area contributed by atoms with Crippen molar-refractivity contribution in [2.45, 2.75) is 6.92 Å². The SMILES string of the molecule is Cc1cccc(-n2c(-c3ccccc3-c3cc(-c4nc(-c5ccccc5)nc(-c5ccccc5)n4)cc(-c4nc(-c5ccccc5)nc(-c5ccccc5)n4)c3)nc3ccccc32)c1. The first-order valence-electron chi connectivity index (χ1n) is 21.2. The third kappa shape index (κ3) is 7.50. The quantitative estimate of drug-likeness (QED) is 0.143. The molecule has 8 nitrogen and oxygen atoms in total. The van der Waals surface area contributed by atoms with E-state index in [2.05, 4.69) is 96.4 Å². The number of aromatic nitrogens is 8. The zero-order valence-corrected chi connectivity index (χ0v) is 34.8. The number of fused-ring (bicyclic) bond motifs is 1. The molecule has 302 valence electrons. The number of aryl methyl sites for hydroxylation is 1. The van der Waals surface area contributed by atoms with Crippen LogP contribution in [0.15, 0.2) is 212 Å². The van der Waals surface area contributed by atoms with Crippen LogP contribution in [-0.2, 0) is 0 Å². The van der Waals surface area contributed by atoms with Crippen LogP contribution in [0.25, 0.3) is 108 Å². The fraction of sp³-hybridized carbons (Fsp3) is 0.0179. The van der Waals surface area contributed by atoms with Crippen molar-refractivity contribution in [3.8, 4) is 96.5 Å². The van der Waals surface area contributed by atoms with Gasteiger partial charge < -0.3 is 0 Å². The van der Waals surface area contributed by atoms with Crippen molar-refractivity contribution in [1.29, 1.82) is 0 Å². The number of rotatable bonds is 9. The molecule has 0 bridgehead atoms. The van der Waals surface area contributed by atoms with Crippen molar-refractivity contribution in [3.05, 3.63) is 218 Å². The molecule has 0 aliphatic heterocycles. The summed E-state index contributed by atoms with van der Waals surface area (Å²) in [5.74, 6) is 4.14. The van der Waals surface area contributed by atoms with Crippen LogP contribution in [-0.4, -0.2) is 39.5 Å². The minimum atomic E-state index is 0.515. The van der Waals surface area contributed by atoms with Gasteiger partial charge in [0.25, 0.3) is 0 Å². The lowest BCUT2D eigenvalue weighted by Crippen LogP contribution is -2.03. The van der Waals surface area contributed by atoms with Crippen molar-refractivity contribution in [2.75, 3.05) is 0 Å². The fourth-order valence-corrected chi connectivity index (χ4v) is 8.08. The van der Waals surface area contributed by atoms with Gasteiger partial charge in [0.1, 0.15) is 5.82 Å². The molecule has 0 N–H and O–H groups in total. The van der Waals surface area contributed by atoms with Crippen LogP contribution in [0.2, 0.25) is 0 Å². The zero-order valence-electron chi connectivity index (χ0n) is 34.8. The van der Waals surface area contributed by atoms with E-state index in [1.807, 2.05) is 127 Å². The Morgan fingerprint density at radius 3 is 1.16 bits per heavy atom. The number of hydrogen-bond donors (Lipinski definition) is 0. The predicted molar refractivity (Wildman–Crippen MR) is 256 cm³/mol. The first-order valence-corrected chi connectivity index (χ1v) is 21.2. The summed E-state index contributed by atoms with van der Waals surface area (Å²) in [6.45, 7) is 2.12. The largest absolute Gasteiger partial charge is 0.292 e. The van der Waals surface area contributed by atoms with E-state index in [0.29, 0.717) is 34.9 Å². The molecule has 0 radical (unpaired) electrons. The van der Waals surface area contributed by atoms with E-state index in [1.165, 1.54) is 0 Å². The molecule has 0 fully saturated rings. The van der Waals surface area contributed by atoms with Crippen LogP contribution < -0.4 is 0 Å². The maximum Gasteiger partial charge on any atom is 0.164 e. The van der Waals surface area contributed by atoms with Gasteiger partial charge in [0.05, 0.1) is 11.0 Å². The molecule has 11 aromatic rings. The summed E-state index contributed by atoms with van der Waals surface area (Å²) in [6, 6.07) is 71.7. The summed E-state index contributed by atoms with van der Waals surface area (Å²) in [5.41, 5.74) is 12.1. The van der Waals surface area contributed by atoms with Gasteiger partial charge in [-0.1, -0.05) is 170 Å². The van der Waals surface area contributed by atoms with Crippen molar-refractivity contribution in [1.82, 2.24) is 39.5 Å². The highest BCUT2D eigenvalue weighted by atomic mass is 15.1. The van der Waals surface area contributed by atoms with Gasteiger partial charge in [0, 0.05) is 44.6 Å². The third-order valence-corrected chi connectivity index (χ3v) is 11.1. The maximum atomic E-state index is 5.31. The van der Waals surface area contributed by atoms with Crippen molar-refractivity contribution in [3.63, 3.8) is 0 Å². The number of benzene rings is 8. The molecule has 0 spiro atoms. The molecule has 3 heterocycles. The highest BCUT2D eigenvalue weighted by molar-refractivity contribution is 5.90. The van der Waals surface area contributed by atoms with Gasteiger partial charge in [0.15, 0.2) is 34.9 Å². The molecular formula is C56H38N8. The Bertz CT molecular complexity index is 3180. The van der Waals surface area contributed by atoms with E-state index in [-0.39, 0.29) is 0 Å². The van der Waals surface area contributed by atoms with Gasteiger partial charge in [-0.2, -0.15) is 0 Å². The normalized spacial score (nSPS) is 11.2. The smallest absolute Gasteiger partial charge is 0.164 e. The number of nitrogens with zero attached hydrogens (tertiary/aromatic N) is 8. The van der Waals surface area contributed by atoms with Gasteiger partial charge in [-0.05, 0) is 66.1 Å². The molecular weight excluding hydrogens is 785 g/mol. The highest BCUT2D eigenvalue weighted by Crippen LogP contribution is 2.39. The molecule has 0 amide bonds. The molecule has 3 aromatic heterocycles. The van der Waals surface area contributed by atoms with E-state index in [9.17, 15) is 0 Å². The van der Waals surface area contributed by atoms with Gasteiger partial charge >= 0.3 is 0 Å². The summed E-state index contributed by atoms with van der Waals surface area (Å²) in [5, 5.41) is 0. The van der Waals surface area contributed by atoms with Gasteiger partial charge in [-0.3, -0.25) is 4.57 Å². The Labute approximate surface area is 370 Å².